The Labute approximate surface area is 107 Å². The van der Waals surface area contributed by atoms with Crippen molar-refractivity contribution in [2.45, 2.75) is 31.2 Å². The lowest BCUT2D eigenvalue weighted by molar-refractivity contribution is -0.138. The molecule has 1 aliphatic rings. The molecule has 0 bridgehead atoms. The maximum absolute atomic E-state index is 10.8. The van der Waals surface area contributed by atoms with Crippen LogP contribution in [0.1, 0.15) is 29.9 Å². The van der Waals surface area contributed by atoms with Gasteiger partial charge in [0.2, 0.25) is 0 Å². The zero-order valence-electron chi connectivity index (χ0n) is 10.3. The summed E-state index contributed by atoms with van der Waals surface area (Å²) in [6.07, 6.45) is 2.39. The van der Waals surface area contributed by atoms with Crippen LogP contribution in [0.4, 0.5) is 0 Å². The molecule has 4 heteroatoms. The third-order valence-electron chi connectivity index (χ3n) is 3.47. The molecule has 1 unspecified atom stereocenters. The van der Waals surface area contributed by atoms with Gasteiger partial charge in [-0.15, -0.1) is 0 Å². The summed E-state index contributed by atoms with van der Waals surface area (Å²) in [5.74, 6) is -0.479. The summed E-state index contributed by atoms with van der Waals surface area (Å²) >= 11 is 0. The van der Waals surface area contributed by atoms with Crippen molar-refractivity contribution in [1.29, 1.82) is 0 Å². The van der Waals surface area contributed by atoms with Crippen LogP contribution in [0.2, 0.25) is 0 Å². The molecule has 0 aliphatic carbocycles. The van der Waals surface area contributed by atoms with Gasteiger partial charge in [0, 0.05) is 13.2 Å². The molecule has 1 atom stereocenters. The SMILES string of the molecule is NC(Cc1ccccc1C1CCOCC1)C(=O)O. The highest BCUT2D eigenvalue weighted by atomic mass is 16.5. The van der Waals surface area contributed by atoms with Gasteiger partial charge in [0.05, 0.1) is 0 Å². The van der Waals surface area contributed by atoms with Crippen LogP contribution < -0.4 is 5.73 Å². The number of carboxylic acids is 1. The van der Waals surface area contributed by atoms with E-state index >= 15 is 0 Å². The Morgan fingerprint density at radius 2 is 2.06 bits per heavy atom. The highest BCUT2D eigenvalue weighted by Gasteiger charge is 2.20. The maximum Gasteiger partial charge on any atom is 0.320 e. The van der Waals surface area contributed by atoms with Crippen molar-refractivity contribution in [1.82, 2.24) is 0 Å². The molecule has 3 N–H and O–H groups in total. The second-order valence-electron chi connectivity index (χ2n) is 4.73. The fourth-order valence-electron chi connectivity index (χ4n) is 2.45. The van der Waals surface area contributed by atoms with E-state index in [4.69, 9.17) is 15.6 Å². The number of benzene rings is 1. The maximum atomic E-state index is 10.8. The molecule has 1 aliphatic heterocycles. The molecule has 0 saturated carbocycles. The summed E-state index contributed by atoms with van der Waals surface area (Å²) in [6, 6.07) is 7.17. The minimum atomic E-state index is -0.947. The van der Waals surface area contributed by atoms with E-state index in [0.29, 0.717) is 12.3 Å². The molecule has 0 aromatic heterocycles. The monoisotopic (exact) mass is 249 g/mol. The zero-order chi connectivity index (χ0) is 13.0. The van der Waals surface area contributed by atoms with Crippen molar-refractivity contribution >= 4 is 5.97 Å². The molecule has 18 heavy (non-hydrogen) atoms. The molecular weight excluding hydrogens is 230 g/mol. The summed E-state index contributed by atoms with van der Waals surface area (Å²) in [4.78, 5) is 10.8. The third-order valence-corrected chi connectivity index (χ3v) is 3.47. The predicted molar refractivity (Wildman–Crippen MR) is 68.6 cm³/mol. The number of hydrogen-bond acceptors (Lipinski definition) is 3. The lowest BCUT2D eigenvalue weighted by Gasteiger charge is -2.25. The molecule has 4 nitrogen and oxygen atoms in total. The van der Waals surface area contributed by atoms with Crippen LogP contribution >= 0.6 is 0 Å². The summed E-state index contributed by atoms with van der Waals surface area (Å²) in [5.41, 5.74) is 7.91. The molecule has 0 spiro atoms. The highest BCUT2D eigenvalue weighted by Crippen LogP contribution is 2.29. The molecule has 0 radical (unpaired) electrons. The van der Waals surface area contributed by atoms with Crippen LogP contribution in [0, 0.1) is 0 Å². The average Bonchev–Trinajstić information content (AvgIpc) is 2.40. The van der Waals surface area contributed by atoms with E-state index in [2.05, 4.69) is 6.07 Å². The Kier molecular flexibility index (Phi) is 4.33. The van der Waals surface area contributed by atoms with E-state index in [1.807, 2.05) is 18.2 Å². The van der Waals surface area contributed by atoms with Crippen LogP contribution in [0.5, 0.6) is 0 Å². The highest BCUT2D eigenvalue weighted by molar-refractivity contribution is 5.73. The predicted octanol–water partition coefficient (Wildman–Crippen LogP) is 1.54. The minimum Gasteiger partial charge on any atom is -0.480 e. The van der Waals surface area contributed by atoms with E-state index in [1.165, 1.54) is 5.56 Å². The van der Waals surface area contributed by atoms with Gasteiger partial charge in [-0.3, -0.25) is 4.79 Å². The first-order valence-electron chi connectivity index (χ1n) is 6.32. The normalized spacial score (nSPS) is 18.5. The van der Waals surface area contributed by atoms with Crippen molar-refractivity contribution in [3.8, 4) is 0 Å². The third kappa shape index (κ3) is 3.09. The topological polar surface area (TPSA) is 72.5 Å². The molecule has 1 saturated heterocycles. The van der Waals surface area contributed by atoms with E-state index < -0.39 is 12.0 Å². The van der Waals surface area contributed by atoms with Crippen LogP contribution in [-0.4, -0.2) is 30.3 Å². The summed E-state index contributed by atoms with van der Waals surface area (Å²) in [7, 11) is 0. The first kappa shape index (κ1) is 13.1. The van der Waals surface area contributed by atoms with Crippen molar-refractivity contribution in [3.63, 3.8) is 0 Å². The fraction of sp³-hybridized carbons (Fsp3) is 0.500. The van der Waals surface area contributed by atoms with Crippen LogP contribution in [-0.2, 0) is 16.0 Å². The van der Waals surface area contributed by atoms with Gasteiger partial charge in [0.1, 0.15) is 6.04 Å². The van der Waals surface area contributed by atoms with Gasteiger partial charge in [0.25, 0.3) is 0 Å². The lowest BCUT2D eigenvalue weighted by Crippen LogP contribution is -2.32. The molecule has 1 fully saturated rings. The Morgan fingerprint density at radius 1 is 1.39 bits per heavy atom. The number of nitrogens with two attached hydrogens (primary N) is 1. The zero-order valence-corrected chi connectivity index (χ0v) is 10.3. The van der Waals surface area contributed by atoms with Crippen molar-refractivity contribution in [2.24, 2.45) is 5.73 Å². The Balaban J connectivity index is 2.16. The fourth-order valence-corrected chi connectivity index (χ4v) is 2.45. The second-order valence-corrected chi connectivity index (χ2v) is 4.73. The molecular formula is C14H19NO3. The Bertz CT molecular complexity index is 413. The van der Waals surface area contributed by atoms with E-state index in [1.54, 1.807) is 0 Å². The minimum absolute atomic E-state index is 0.392. The lowest BCUT2D eigenvalue weighted by atomic mass is 9.86. The number of carboxylic acid groups (broad SMARTS) is 1. The number of rotatable bonds is 4. The largest absolute Gasteiger partial charge is 0.480 e. The van der Waals surface area contributed by atoms with Gasteiger partial charge in [-0.1, -0.05) is 24.3 Å². The van der Waals surface area contributed by atoms with E-state index in [9.17, 15) is 4.79 Å². The van der Waals surface area contributed by atoms with Gasteiger partial charge >= 0.3 is 5.97 Å². The van der Waals surface area contributed by atoms with Crippen molar-refractivity contribution in [2.75, 3.05) is 13.2 Å². The Morgan fingerprint density at radius 3 is 2.72 bits per heavy atom. The number of aliphatic carboxylic acids is 1. The van der Waals surface area contributed by atoms with Crippen LogP contribution in [0.3, 0.4) is 0 Å². The number of ether oxygens (including phenoxy) is 1. The van der Waals surface area contributed by atoms with Crippen LogP contribution in [0.25, 0.3) is 0 Å². The number of carbonyl (C=O) groups is 1. The summed E-state index contributed by atoms with van der Waals surface area (Å²) < 4.78 is 5.36. The van der Waals surface area contributed by atoms with Crippen molar-refractivity contribution < 1.29 is 14.6 Å². The summed E-state index contributed by atoms with van der Waals surface area (Å²) in [5, 5.41) is 8.90. The van der Waals surface area contributed by atoms with Gasteiger partial charge in [0.15, 0.2) is 0 Å². The molecule has 2 rings (SSSR count). The first-order valence-corrected chi connectivity index (χ1v) is 6.32. The quantitative estimate of drug-likeness (QED) is 0.849. The van der Waals surface area contributed by atoms with Gasteiger partial charge in [-0.05, 0) is 36.3 Å². The van der Waals surface area contributed by atoms with E-state index in [0.717, 1.165) is 31.6 Å². The summed E-state index contributed by atoms with van der Waals surface area (Å²) in [6.45, 7) is 1.56. The first-order chi connectivity index (χ1) is 8.68. The van der Waals surface area contributed by atoms with Crippen LogP contribution in [0.15, 0.2) is 24.3 Å². The smallest absolute Gasteiger partial charge is 0.320 e. The molecule has 0 amide bonds. The van der Waals surface area contributed by atoms with E-state index in [-0.39, 0.29) is 0 Å². The molecule has 1 aromatic carbocycles. The van der Waals surface area contributed by atoms with Gasteiger partial charge < -0.3 is 15.6 Å². The standard InChI is InChI=1S/C14H19NO3/c15-13(14(16)17)9-11-3-1-2-4-12(11)10-5-7-18-8-6-10/h1-4,10,13H,5-9,15H2,(H,16,17). The second kappa shape index (κ2) is 5.98. The molecule has 1 heterocycles. The van der Waals surface area contributed by atoms with Gasteiger partial charge in [-0.2, -0.15) is 0 Å². The Hall–Kier alpha value is -1.39. The number of hydrogen-bond donors (Lipinski definition) is 2. The molecule has 98 valence electrons. The van der Waals surface area contributed by atoms with Gasteiger partial charge in [-0.25, -0.2) is 0 Å². The molecule has 1 aromatic rings. The average molecular weight is 249 g/mol. The van der Waals surface area contributed by atoms with Crippen molar-refractivity contribution in [3.05, 3.63) is 35.4 Å².